The van der Waals surface area contributed by atoms with E-state index in [0.717, 1.165) is 67.2 Å². The number of hydrogen-bond acceptors (Lipinski definition) is 7. The molecule has 0 bridgehead atoms. The molecule has 30 heavy (non-hydrogen) atoms. The van der Waals surface area contributed by atoms with Crippen LogP contribution in [-0.4, -0.2) is 50.8 Å². The minimum absolute atomic E-state index is 0.173. The van der Waals surface area contributed by atoms with E-state index in [0.29, 0.717) is 11.7 Å². The van der Waals surface area contributed by atoms with E-state index in [9.17, 15) is 8.42 Å². The van der Waals surface area contributed by atoms with Crippen LogP contribution >= 0.6 is 0 Å². The highest BCUT2D eigenvalue weighted by molar-refractivity contribution is 7.90. The number of anilines is 1. The van der Waals surface area contributed by atoms with Crippen LogP contribution in [0.4, 0.5) is 5.82 Å². The maximum absolute atomic E-state index is 12.3. The summed E-state index contributed by atoms with van der Waals surface area (Å²) in [7, 11) is -3.56. The van der Waals surface area contributed by atoms with Gasteiger partial charge in [0.15, 0.2) is 0 Å². The van der Waals surface area contributed by atoms with Gasteiger partial charge in [0.1, 0.15) is 11.9 Å². The van der Waals surface area contributed by atoms with Gasteiger partial charge in [-0.2, -0.15) is 4.98 Å². The molecule has 0 aliphatic carbocycles. The predicted molar refractivity (Wildman–Crippen MR) is 116 cm³/mol. The molecule has 0 saturated carbocycles. The maximum Gasteiger partial charge on any atom is 0.252 e. The largest absolute Gasteiger partial charge is 0.469 e. The molecule has 1 N–H and O–H groups in total. The van der Waals surface area contributed by atoms with Gasteiger partial charge in [0, 0.05) is 38.0 Å². The third-order valence-corrected chi connectivity index (χ3v) is 6.60. The van der Waals surface area contributed by atoms with Crippen LogP contribution < -0.4 is 15.0 Å². The molecule has 3 heterocycles. The number of nitrogens with zero attached hydrogens (tertiary/aromatic N) is 3. The van der Waals surface area contributed by atoms with Gasteiger partial charge in [-0.15, -0.1) is 0 Å². The Balaban J connectivity index is 1.58. The van der Waals surface area contributed by atoms with Gasteiger partial charge >= 0.3 is 0 Å². The molecule has 1 atom stereocenters. The zero-order valence-electron chi connectivity index (χ0n) is 16.8. The number of benzene rings is 2. The monoisotopic (exact) mass is 424 g/mol. The number of ether oxygens (including phenoxy) is 1. The highest BCUT2D eigenvalue weighted by Gasteiger charge is 2.31. The minimum atomic E-state index is -3.56. The number of sulfone groups is 1. The van der Waals surface area contributed by atoms with Crippen LogP contribution in [0.1, 0.15) is 23.7 Å². The van der Waals surface area contributed by atoms with Crippen molar-refractivity contribution in [3.63, 3.8) is 0 Å². The number of hydrogen-bond donors (Lipinski definition) is 1. The summed E-state index contributed by atoms with van der Waals surface area (Å²) in [6.07, 6.45) is 2.50. The zero-order chi connectivity index (χ0) is 20.7. The first-order valence-corrected chi connectivity index (χ1v) is 12.1. The second-order valence-corrected chi connectivity index (χ2v) is 9.75. The lowest BCUT2D eigenvalue weighted by Crippen LogP contribution is -2.44. The Labute approximate surface area is 176 Å². The van der Waals surface area contributed by atoms with Gasteiger partial charge in [-0.05, 0) is 23.6 Å². The SMILES string of the molecule is CS(=O)(=O)c1nc2c(c(N3CCNCC3)n1)CCC(c1cccc3ccccc13)O2. The summed E-state index contributed by atoms with van der Waals surface area (Å²) >= 11 is 0. The molecule has 7 nitrogen and oxygen atoms in total. The van der Waals surface area contributed by atoms with Crippen molar-refractivity contribution in [3.05, 3.63) is 53.6 Å². The molecule has 2 aromatic carbocycles. The summed E-state index contributed by atoms with van der Waals surface area (Å²) < 4.78 is 30.9. The fourth-order valence-corrected chi connectivity index (χ4v) is 4.77. The molecule has 1 fully saturated rings. The van der Waals surface area contributed by atoms with E-state index >= 15 is 0 Å². The van der Waals surface area contributed by atoms with Crippen LogP contribution in [0.3, 0.4) is 0 Å². The Hall–Kier alpha value is -2.71. The molecule has 156 valence electrons. The van der Waals surface area contributed by atoms with Crippen molar-refractivity contribution in [1.29, 1.82) is 0 Å². The number of fused-ring (bicyclic) bond motifs is 2. The van der Waals surface area contributed by atoms with Crippen molar-refractivity contribution in [1.82, 2.24) is 15.3 Å². The second kappa shape index (κ2) is 7.52. The van der Waals surface area contributed by atoms with Gasteiger partial charge in [0.05, 0.1) is 5.56 Å². The standard InChI is InChI=1S/C22H24N4O3S/c1-30(27,28)22-24-20(26-13-11-23-12-14-26)18-9-10-19(29-21(18)25-22)17-8-4-6-15-5-2-3-7-16(15)17/h2-8,19,23H,9-14H2,1H3. The Morgan fingerprint density at radius 2 is 1.83 bits per heavy atom. The van der Waals surface area contributed by atoms with Crippen LogP contribution in [0.25, 0.3) is 10.8 Å². The van der Waals surface area contributed by atoms with Gasteiger partial charge < -0.3 is 15.0 Å². The summed E-state index contributed by atoms with van der Waals surface area (Å²) in [5.41, 5.74) is 2.00. The maximum atomic E-state index is 12.3. The summed E-state index contributed by atoms with van der Waals surface area (Å²) in [5.74, 6) is 1.08. The molecule has 1 unspecified atom stereocenters. The molecule has 1 aromatic heterocycles. The molecular weight excluding hydrogens is 400 g/mol. The van der Waals surface area contributed by atoms with Crippen molar-refractivity contribution in [2.75, 3.05) is 37.3 Å². The van der Waals surface area contributed by atoms with Crippen molar-refractivity contribution >= 4 is 26.4 Å². The first-order valence-electron chi connectivity index (χ1n) is 10.2. The molecular formula is C22H24N4O3S. The lowest BCUT2D eigenvalue weighted by Gasteiger charge is -2.33. The third kappa shape index (κ3) is 3.50. The predicted octanol–water partition coefficient (Wildman–Crippen LogP) is 2.51. The van der Waals surface area contributed by atoms with Crippen molar-refractivity contribution < 1.29 is 13.2 Å². The van der Waals surface area contributed by atoms with E-state index in [1.165, 1.54) is 0 Å². The van der Waals surface area contributed by atoms with Crippen molar-refractivity contribution in [2.45, 2.75) is 24.1 Å². The van der Waals surface area contributed by atoms with Crippen LogP contribution in [0.5, 0.6) is 5.88 Å². The van der Waals surface area contributed by atoms with Crippen LogP contribution in [0.15, 0.2) is 47.6 Å². The fourth-order valence-electron chi connectivity index (χ4n) is 4.27. The molecule has 5 rings (SSSR count). The lowest BCUT2D eigenvalue weighted by molar-refractivity contribution is 0.167. The molecule has 8 heteroatoms. The van der Waals surface area contributed by atoms with Crippen LogP contribution in [0.2, 0.25) is 0 Å². The smallest absolute Gasteiger partial charge is 0.252 e. The van der Waals surface area contributed by atoms with Crippen LogP contribution in [-0.2, 0) is 16.3 Å². The molecule has 2 aliphatic rings. The topological polar surface area (TPSA) is 84.4 Å². The normalized spacial score (nSPS) is 19.4. The van der Waals surface area contributed by atoms with E-state index in [-0.39, 0.29) is 11.3 Å². The first-order chi connectivity index (χ1) is 14.5. The molecule has 2 aliphatic heterocycles. The average Bonchev–Trinajstić information content (AvgIpc) is 2.77. The number of rotatable bonds is 3. The summed E-state index contributed by atoms with van der Waals surface area (Å²) in [6, 6.07) is 14.4. The molecule has 1 saturated heterocycles. The highest BCUT2D eigenvalue weighted by Crippen LogP contribution is 2.40. The number of aromatic nitrogens is 2. The number of nitrogens with one attached hydrogen (secondary N) is 1. The average molecular weight is 425 g/mol. The third-order valence-electron chi connectivity index (χ3n) is 5.76. The highest BCUT2D eigenvalue weighted by atomic mass is 32.2. The van der Waals surface area contributed by atoms with Gasteiger partial charge in [0.2, 0.25) is 15.7 Å². The van der Waals surface area contributed by atoms with E-state index in [2.05, 4.69) is 44.5 Å². The van der Waals surface area contributed by atoms with E-state index in [4.69, 9.17) is 4.74 Å². The van der Waals surface area contributed by atoms with E-state index in [1.54, 1.807) is 0 Å². The lowest BCUT2D eigenvalue weighted by atomic mass is 9.94. The van der Waals surface area contributed by atoms with Gasteiger partial charge in [-0.1, -0.05) is 42.5 Å². The van der Waals surface area contributed by atoms with Gasteiger partial charge in [-0.3, -0.25) is 0 Å². The van der Waals surface area contributed by atoms with Crippen molar-refractivity contribution in [2.24, 2.45) is 0 Å². The Bertz CT molecular complexity index is 1200. The molecule has 0 radical (unpaired) electrons. The Morgan fingerprint density at radius 1 is 1.07 bits per heavy atom. The van der Waals surface area contributed by atoms with Gasteiger partial charge in [0.25, 0.3) is 5.16 Å². The second-order valence-electron chi connectivity index (χ2n) is 7.84. The fraction of sp³-hybridized carbons (Fsp3) is 0.364. The van der Waals surface area contributed by atoms with E-state index < -0.39 is 9.84 Å². The summed E-state index contributed by atoms with van der Waals surface area (Å²) in [5, 5.41) is 5.45. The Kier molecular flexibility index (Phi) is 4.83. The molecule has 3 aromatic rings. The van der Waals surface area contributed by atoms with E-state index in [1.807, 2.05) is 18.2 Å². The van der Waals surface area contributed by atoms with Crippen LogP contribution in [0, 0.1) is 0 Å². The molecule has 0 amide bonds. The first kappa shape index (κ1) is 19.3. The number of piperazine rings is 1. The zero-order valence-corrected chi connectivity index (χ0v) is 17.7. The summed E-state index contributed by atoms with van der Waals surface area (Å²) in [6.45, 7) is 3.23. The molecule has 0 spiro atoms. The quantitative estimate of drug-likeness (QED) is 0.647. The summed E-state index contributed by atoms with van der Waals surface area (Å²) in [4.78, 5) is 10.9. The van der Waals surface area contributed by atoms with Gasteiger partial charge in [-0.25, -0.2) is 13.4 Å². The van der Waals surface area contributed by atoms with Crippen molar-refractivity contribution in [3.8, 4) is 5.88 Å². The minimum Gasteiger partial charge on any atom is -0.469 e. The Morgan fingerprint density at radius 3 is 2.63 bits per heavy atom.